The van der Waals surface area contributed by atoms with E-state index in [2.05, 4.69) is 0 Å². The van der Waals surface area contributed by atoms with Crippen molar-refractivity contribution in [2.24, 2.45) is 5.73 Å². The zero-order chi connectivity index (χ0) is 18.2. The number of furan rings is 1. The van der Waals surface area contributed by atoms with Gasteiger partial charge in [0.1, 0.15) is 5.58 Å². The Morgan fingerprint density at radius 2 is 2.20 bits per heavy atom. The highest BCUT2D eigenvalue weighted by Gasteiger charge is 2.34. The molecule has 1 atom stereocenters. The molecule has 2 aromatic rings. The molecule has 2 N–H and O–H groups in total. The van der Waals surface area contributed by atoms with E-state index in [1.54, 1.807) is 26.0 Å². The Hall–Kier alpha value is -1.90. The minimum Gasteiger partial charge on any atom is -0.460 e. The fraction of sp³-hybridized carbons (Fsp3) is 0.471. The maximum absolute atomic E-state index is 13.0. The van der Waals surface area contributed by atoms with Crippen molar-refractivity contribution in [3.8, 4) is 0 Å². The van der Waals surface area contributed by atoms with Crippen LogP contribution in [-0.2, 0) is 14.8 Å². The number of hydrogen-bond acceptors (Lipinski definition) is 6. The van der Waals surface area contributed by atoms with E-state index >= 15 is 0 Å². The molecule has 136 valence electrons. The summed E-state index contributed by atoms with van der Waals surface area (Å²) in [4.78, 5) is 12.1. The monoisotopic (exact) mass is 366 g/mol. The first-order chi connectivity index (χ1) is 11.9. The van der Waals surface area contributed by atoms with Gasteiger partial charge in [-0.3, -0.25) is 0 Å². The van der Waals surface area contributed by atoms with E-state index in [9.17, 15) is 13.2 Å². The summed E-state index contributed by atoms with van der Waals surface area (Å²) in [7, 11) is -3.63. The van der Waals surface area contributed by atoms with E-state index in [1.807, 2.05) is 0 Å². The maximum Gasteiger partial charge on any atom is 0.374 e. The van der Waals surface area contributed by atoms with Crippen LogP contribution in [0.2, 0.25) is 0 Å². The van der Waals surface area contributed by atoms with Gasteiger partial charge in [-0.25, -0.2) is 13.2 Å². The highest BCUT2D eigenvalue weighted by atomic mass is 32.2. The summed E-state index contributed by atoms with van der Waals surface area (Å²) >= 11 is 0. The molecule has 1 unspecified atom stereocenters. The fourth-order valence-corrected chi connectivity index (χ4v) is 4.98. The Bertz CT molecular complexity index is 903. The van der Waals surface area contributed by atoms with E-state index in [-0.39, 0.29) is 23.3 Å². The summed E-state index contributed by atoms with van der Waals surface area (Å²) < 4.78 is 37.9. The van der Waals surface area contributed by atoms with Gasteiger partial charge in [0.15, 0.2) is 0 Å². The van der Waals surface area contributed by atoms with E-state index in [4.69, 9.17) is 14.9 Å². The van der Waals surface area contributed by atoms with Crippen molar-refractivity contribution >= 4 is 27.0 Å². The standard InChI is InChI=1S/C17H22N2O5S/c1-3-23-17(20)16-11(2)14-9-13(6-7-15(14)24-16)25(21,22)19-8-4-5-12(19)10-18/h6-7,9,12H,3-5,8,10,18H2,1-2H3. The molecule has 1 aliphatic heterocycles. The van der Waals surface area contributed by atoms with E-state index in [1.165, 1.54) is 10.4 Å². The SMILES string of the molecule is CCOC(=O)c1oc2ccc(S(=O)(=O)N3CCCC3CN)cc2c1C. The van der Waals surface area contributed by atoms with Gasteiger partial charge >= 0.3 is 5.97 Å². The molecule has 1 aliphatic rings. The number of hydrogen-bond donors (Lipinski definition) is 1. The molecule has 0 aliphatic carbocycles. The van der Waals surface area contributed by atoms with Crippen LogP contribution in [-0.4, -0.2) is 44.4 Å². The summed E-state index contributed by atoms with van der Waals surface area (Å²) in [6, 6.07) is 4.46. The van der Waals surface area contributed by atoms with Crippen molar-refractivity contribution in [1.29, 1.82) is 0 Å². The van der Waals surface area contributed by atoms with Gasteiger partial charge in [-0.05, 0) is 44.9 Å². The lowest BCUT2D eigenvalue weighted by Crippen LogP contribution is -2.39. The number of rotatable bonds is 5. The van der Waals surface area contributed by atoms with Crippen molar-refractivity contribution < 1.29 is 22.4 Å². The van der Waals surface area contributed by atoms with Gasteiger partial charge in [-0.15, -0.1) is 0 Å². The lowest BCUT2D eigenvalue weighted by atomic mass is 10.1. The molecule has 0 amide bonds. The average molecular weight is 366 g/mol. The van der Waals surface area contributed by atoms with Crippen LogP contribution in [0.1, 0.15) is 35.9 Å². The molecular formula is C17H22N2O5S. The van der Waals surface area contributed by atoms with Crippen LogP contribution < -0.4 is 5.73 Å². The topological polar surface area (TPSA) is 103 Å². The normalized spacial score (nSPS) is 18.8. The summed E-state index contributed by atoms with van der Waals surface area (Å²) in [5.41, 5.74) is 6.73. The molecule has 1 aromatic carbocycles. The maximum atomic E-state index is 13.0. The summed E-state index contributed by atoms with van der Waals surface area (Å²) in [5, 5.41) is 0.590. The fourth-order valence-electron chi connectivity index (χ4n) is 3.25. The number of carbonyl (C=O) groups excluding carboxylic acids is 1. The molecular weight excluding hydrogens is 344 g/mol. The molecule has 2 heterocycles. The van der Waals surface area contributed by atoms with Crippen molar-refractivity contribution in [2.75, 3.05) is 19.7 Å². The van der Waals surface area contributed by atoms with E-state index < -0.39 is 16.0 Å². The molecule has 0 bridgehead atoms. The second kappa shape index (κ2) is 6.78. The van der Waals surface area contributed by atoms with Gasteiger partial charge in [0.2, 0.25) is 15.8 Å². The first kappa shape index (κ1) is 17.9. The number of esters is 1. The van der Waals surface area contributed by atoms with Crippen LogP contribution in [0.3, 0.4) is 0 Å². The predicted octanol–water partition coefficient (Wildman–Crippen LogP) is 2.03. The first-order valence-electron chi connectivity index (χ1n) is 8.32. The number of aryl methyl sites for hydroxylation is 1. The smallest absolute Gasteiger partial charge is 0.374 e. The number of nitrogens with zero attached hydrogens (tertiary/aromatic N) is 1. The number of fused-ring (bicyclic) bond motifs is 1. The molecule has 1 saturated heterocycles. The molecule has 0 radical (unpaired) electrons. The van der Waals surface area contributed by atoms with Crippen molar-refractivity contribution in [2.45, 2.75) is 37.6 Å². The Kier molecular flexibility index (Phi) is 4.86. The second-order valence-corrected chi connectivity index (χ2v) is 7.97. The molecule has 25 heavy (non-hydrogen) atoms. The third kappa shape index (κ3) is 3.05. The third-order valence-corrected chi connectivity index (χ3v) is 6.52. The minimum atomic E-state index is -3.63. The van der Waals surface area contributed by atoms with Gasteiger partial charge in [0.05, 0.1) is 11.5 Å². The predicted molar refractivity (Wildman–Crippen MR) is 92.9 cm³/mol. The largest absolute Gasteiger partial charge is 0.460 e. The summed E-state index contributed by atoms with van der Waals surface area (Å²) in [5.74, 6) is -0.448. The van der Waals surface area contributed by atoms with Gasteiger partial charge in [-0.1, -0.05) is 0 Å². The Morgan fingerprint density at radius 1 is 1.44 bits per heavy atom. The molecule has 1 aromatic heterocycles. The molecule has 7 nitrogen and oxygen atoms in total. The highest BCUT2D eigenvalue weighted by Crippen LogP contribution is 2.31. The molecule has 3 rings (SSSR count). The summed E-state index contributed by atoms with van der Waals surface area (Å²) in [6.07, 6.45) is 1.58. The Labute approximate surface area is 146 Å². The number of benzene rings is 1. The van der Waals surface area contributed by atoms with E-state index in [0.717, 1.165) is 12.8 Å². The lowest BCUT2D eigenvalue weighted by molar-refractivity contribution is 0.0491. The van der Waals surface area contributed by atoms with Crippen molar-refractivity contribution in [3.63, 3.8) is 0 Å². The Morgan fingerprint density at radius 3 is 2.88 bits per heavy atom. The zero-order valence-corrected chi connectivity index (χ0v) is 15.1. The van der Waals surface area contributed by atoms with Gasteiger partial charge < -0.3 is 14.9 Å². The van der Waals surface area contributed by atoms with Gasteiger partial charge in [0, 0.05) is 30.1 Å². The van der Waals surface area contributed by atoms with Crippen LogP contribution in [0.15, 0.2) is 27.5 Å². The highest BCUT2D eigenvalue weighted by molar-refractivity contribution is 7.89. The molecule has 1 fully saturated rings. The van der Waals surface area contributed by atoms with Crippen LogP contribution in [0.25, 0.3) is 11.0 Å². The zero-order valence-electron chi connectivity index (χ0n) is 14.3. The Balaban J connectivity index is 2.04. The van der Waals surface area contributed by atoms with Crippen molar-refractivity contribution in [3.05, 3.63) is 29.5 Å². The lowest BCUT2D eigenvalue weighted by Gasteiger charge is -2.22. The van der Waals surface area contributed by atoms with Gasteiger partial charge in [-0.2, -0.15) is 4.31 Å². The van der Waals surface area contributed by atoms with Crippen molar-refractivity contribution in [1.82, 2.24) is 4.31 Å². The number of ether oxygens (including phenoxy) is 1. The number of sulfonamides is 1. The quantitative estimate of drug-likeness (QED) is 0.812. The molecule has 0 saturated carbocycles. The second-order valence-electron chi connectivity index (χ2n) is 6.08. The molecule has 8 heteroatoms. The minimum absolute atomic E-state index is 0.104. The molecule has 0 spiro atoms. The summed E-state index contributed by atoms with van der Waals surface area (Å²) in [6.45, 7) is 4.45. The van der Waals surface area contributed by atoms with Gasteiger partial charge in [0.25, 0.3) is 0 Å². The van der Waals surface area contributed by atoms with E-state index in [0.29, 0.717) is 29.6 Å². The average Bonchev–Trinajstić information content (AvgIpc) is 3.20. The van der Waals surface area contributed by atoms with Crippen LogP contribution >= 0.6 is 0 Å². The number of carbonyl (C=O) groups is 1. The van der Waals surface area contributed by atoms with Crippen LogP contribution in [0, 0.1) is 6.92 Å². The first-order valence-corrected chi connectivity index (χ1v) is 9.76. The number of nitrogens with two attached hydrogens (primary N) is 1. The van der Waals surface area contributed by atoms with Crippen LogP contribution in [0.4, 0.5) is 0 Å². The van der Waals surface area contributed by atoms with Crippen LogP contribution in [0.5, 0.6) is 0 Å². The third-order valence-electron chi connectivity index (χ3n) is 4.57.